The molecule has 1 saturated heterocycles. The van der Waals surface area contributed by atoms with Gasteiger partial charge in [-0.2, -0.15) is 4.31 Å². The quantitative estimate of drug-likeness (QED) is 0.558. The molecule has 0 saturated carbocycles. The number of furan rings is 1. The summed E-state index contributed by atoms with van der Waals surface area (Å²) in [4.78, 5) is 22.4. The van der Waals surface area contributed by atoms with E-state index in [1.807, 2.05) is 0 Å². The molecule has 1 N–H and O–H groups in total. The Morgan fingerprint density at radius 1 is 1.32 bits per heavy atom. The zero-order valence-electron chi connectivity index (χ0n) is 14.7. The van der Waals surface area contributed by atoms with Crippen LogP contribution in [0.5, 0.6) is 0 Å². The van der Waals surface area contributed by atoms with E-state index in [9.17, 15) is 23.3 Å². The number of amides is 1. The molecule has 11 heteroatoms. The molecule has 0 aliphatic carbocycles. The first-order chi connectivity index (χ1) is 13.3. The molecule has 1 amide bonds. The minimum Gasteiger partial charge on any atom is -0.467 e. The average Bonchev–Trinajstić information content (AvgIpc) is 3.19. The summed E-state index contributed by atoms with van der Waals surface area (Å²) in [6.07, 6.45) is 2.24. The lowest BCUT2D eigenvalue weighted by atomic mass is 9.97. The third-order valence-electron chi connectivity index (χ3n) is 4.59. The van der Waals surface area contributed by atoms with Crippen LogP contribution >= 0.6 is 11.6 Å². The number of carbonyl (C=O) groups excluding carboxylic acids is 1. The van der Waals surface area contributed by atoms with Crippen molar-refractivity contribution in [3.05, 3.63) is 57.5 Å². The van der Waals surface area contributed by atoms with Crippen molar-refractivity contribution in [3.63, 3.8) is 0 Å². The Hall–Kier alpha value is -2.43. The number of sulfonamides is 1. The maximum atomic E-state index is 12.8. The summed E-state index contributed by atoms with van der Waals surface area (Å²) in [5, 5.41) is 13.7. The number of nitro groups is 1. The summed E-state index contributed by atoms with van der Waals surface area (Å²) >= 11 is 5.75. The number of benzene rings is 1. The molecule has 1 aromatic heterocycles. The van der Waals surface area contributed by atoms with E-state index in [1.54, 1.807) is 12.1 Å². The molecule has 0 unspecified atom stereocenters. The van der Waals surface area contributed by atoms with Gasteiger partial charge in [-0.05, 0) is 37.1 Å². The van der Waals surface area contributed by atoms with Gasteiger partial charge in [0.15, 0.2) is 0 Å². The highest BCUT2D eigenvalue weighted by Crippen LogP contribution is 2.30. The molecule has 3 rings (SSSR count). The van der Waals surface area contributed by atoms with Crippen LogP contribution in [0.15, 0.2) is 45.9 Å². The standard InChI is InChI=1S/C17H18ClN3O6S/c18-15-4-3-14(10-16(15)21(23)24)28(25,26)20-7-5-12(6-8-20)17(22)19-11-13-2-1-9-27-13/h1-4,9-10,12H,5-8,11H2,(H,19,22). The molecule has 1 aliphatic heterocycles. The Balaban J connectivity index is 1.63. The highest BCUT2D eigenvalue weighted by atomic mass is 35.5. The number of hydrogen-bond donors (Lipinski definition) is 1. The van der Waals surface area contributed by atoms with Gasteiger partial charge in [-0.3, -0.25) is 14.9 Å². The zero-order valence-corrected chi connectivity index (χ0v) is 16.3. The number of hydrogen-bond acceptors (Lipinski definition) is 6. The molecular formula is C17H18ClN3O6S. The van der Waals surface area contributed by atoms with Crippen LogP contribution in [0.2, 0.25) is 5.02 Å². The summed E-state index contributed by atoms with van der Waals surface area (Å²) in [5.41, 5.74) is -0.463. The molecule has 2 heterocycles. The average molecular weight is 428 g/mol. The van der Waals surface area contributed by atoms with Crippen molar-refractivity contribution in [1.82, 2.24) is 9.62 Å². The topological polar surface area (TPSA) is 123 Å². The number of halogens is 1. The van der Waals surface area contributed by atoms with Gasteiger partial charge >= 0.3 is 0 Å². The lowest BCUT2D eigenvalue weighted by Gasteiger charge is -2.30. The van der Waals surface area contributed by atoms with Gasteiger partial charge < -0.3 is 9.73 Å². The third kappa shape index (κ3) is 4.34. The van der Waals surface area contributed by atoms with Crippen LogP contribution in [0.3, 0.4) is 0 Å². The predicted molar refractivity (Wildman–Crippen MR) is 100 cm³/mol. The van der Waals surface area contributed by atoms with Gasteiger partial charge in [0.25, 0.3) is 5.69 Å². The van der Waals surface area contributed by atoms with E-state index < -0.39 is 20.6 Å². The second kappa shape index (κ2) is 8.29. The lowest BCUT2D eigenvalue weighted by Crippen LogP contribution is -2.42. The van der Waals surface area contributed by atoms with Crippen molar-refractivity contribution in [2.75, 3.05) is 13.1 Å². The second-order valence-electron chi connectivity index (χ2n) is 6.35. The fourth-order valence-corrected chi connectivity index (χ4v) is 4.71. The lowest BCUT2D eigenvalue weighted by molar-refractivity contribution is -0.384. The first kappa shape index (κ1) is 20.3. The molecule has 28 heavy (non-hydrogen) atoms. The van der Waals surface area contributed by atoms with Crippen LogP contribution in [-0.4, -0.2) is 36.6 Å². The van der Waals surface area contributed by atoms with Gasteiger partial charge in [0.2, 0.25) is 15.9 Å². The normalized spacial score (nSPS) is 16.0. The number of piperidine rings is 1. The first-order valence-electron chi connectivity index (χ1n) is 8.53. The van der Waals surface area contributed by atoms with Crippen molar-refractivity contribution in [2.45, 2.75) is 24.3 Å². The number of nitrogens with one attached hydrogen (secondary N) is 1. The Kier molecular flexibility index (Phi) is 6.01. The maximum absolute atomic E-state index is 12.8. The minimum atomic E-state index is -3.91. The largest absolute Gasteiger partial charge is 0.467 e. The highest BCUT2D eigenvalue weighted by molar-refractivity contribution is 7.89. The SMILES string of the molecule is O=C(NCc1ccco1)C1CCN(S(=O)(=O)c2ccc(Cl)c([N+](=O)[O-])c2)CC1. The van der Waals surface area contributed by atoms with Crippen LogP contribution in [0.25, 0.3) is 0 Å². The van der Waals surface area contributed by atoms with Crippen molar-refractivity contribution < 1.29 is 22.6 Å². The van der Waals surface area contributed by atoms with Gasteiger partial charge in [-0.1, -0.05) is 11.6 Å². The Morgan fingerprint density at radius 2 is 2.04 bits per heavy atom. The number of nitrogens with zero attached hydrogens (tertiary/aromatic N) is 2. The molecule has 0 atom stereocenters. The smallest absolute Gasteiger partial charge is 0.289 e. The van der Waals surface area contributed by atoms with Crippen LogP contribution in [-0.2, 0) is 21.4 Å². The van der Waals surface area contributed by atoms with Gasteiger partial charge in [0.1, 0.15) is 10.8 Å². The van der Waals surface area contributed by atoms with Crippen molar-refractivity contribution in [3.8, 4) is 0 Å². The fraction of sp³-hybridized carbons (Fsp3) is 0.353. The number of nitro benzene ring substituents is 1. The molecule has 0 bridgehead atoms. The van der Waals surface area contributed by atoms with E-state index in [0.29, 0.717) is 18.6 Å². The minimum absolute atomic E-state index is 0.129. The molecule has 150 valence electrons. The summed E-state index contributed by atoms with van der Waals surface area (Å²) in [6.45, 7) is 0.577. The van der Waals surface area contributed by atoms with E-state index in [2.05, 4.69) is 5.32 Å². The Bertz CT molecular complexity index is 969. The fourth-order valence-electron chi connectivity index (χ4n) is 3.03. The summed E-state index contributed by atoms with van der Waals surface area (Å²) in [7, 11) is -3.91. The van der Waals surface area contributed by atoms with Gasteiger partial charge in [-0.15, -0.1) is 0 Å². The molecule has 2 aromatic rings. The molecular weight excluding hydrogens is 410 g/mol. The molecule has 0 radical (unpaired) electrons. The van der Waals surface area contributed by atoms with Gasteiger partial charge in [0.05, 0.1) is 22.6 Å². The number of carbonyl (C=O) groups is 1. The molecule has 1 aromatic carbocycles. The monoisotopic (exact) mass is 427 g/mol. The van der Waals surface area contributed by atoms with E-state index >= 15 is 0 Å². The van der Waals surface area contributed by atoms with Crippen LogP contribution < -0.4 is 5.32 Å². The van der Waals surface area contributed by atoms with Crippen LogP contribution in [0.4, 0.5) is 5.69 Å². The summed E-state index contributed by atoms with van der Waals surface area (Å²) < 4.78 is 31.9. The van der Waals surface area contributed by atoms with E-state index in [1.165, 1.54) is 22.7 Å². The zero-order chi connectivity index (χ0) is 20.3. The maximum Gasteiger partial charge on any atom is 0.289 e. The Labute approximate surface area is 166 Å². The van der Waals surface area contributed by atoms with Crippen molar-refractivity contribution in [1.29, 1.82) is 0 Å². The van der Waals surface area contributed by atoms with E-state index in [4.69, 9.17) is 16.0 Å². The van der Waals surface area contributed by atoms with Crippen LogP contribution in [0, 0.1) is 16.0 Å². The summed E-state index contributed by atoms with van der Waals surface area (Å²) in [5.74, 6) is 0.175. The molecule has 1 aliphatic rings. The van der Waals surface area contributed by atoms with Gasteiger partial charge in [-0.25, -0.2) is 8.42 Å². The Morgan fingerprint density at radius 3 is 2.64 bits per heavy atom. The van der Waals surface area contributed by atoms with Crippen molar-refractivity contribution in [2.24, 2.45) is 5.92 Å². The molecule has 1 fully saturated rings. The molecule has 0 spiro atoms. The van der Waals surface area contributed by atoms with Crippen molar-refractivity contribution >= 4 is 33.2 Å². The van der Waals surface area contributed by atoms with Crippen LogP contribution in [0.1, 0.15) is 18.6 Å². The van der Waals surface area contributed by atoms with Gasteiger partial charge in [0, 0.05) is 25.1 Å². The second-order valence-corrected chi connectivity index (χ2v) is 8.69. The van der Waals surface area contributed by atoms with E-state index in [0.717, 1.165) is 6.07 Å². The number of rotatable bonds is 6. The molecule has 9 nitrogen and oxygen atoms in total. The highest BCUT2D eigenvalue weighted by Gasteiger charge is 2.33. The summed E-state index contributed by atoms with van der Waals surface area (Å²) in [6, 6.07) is 6.88. The predicted octanol–water partition coefficient (Wildman–Crippen LogP) is 2.56. The third-order valence-corrected chi connectivity index (χ3v) is 6.81. The van der Waals surface area contributed by atoms with E-state index in [-0.39, 0.29) is 41.4 Å². The first-order valence-corrected chi connectivity index (χ1v) is 10.3.